The van der Waals surface area contributed by atoms with Crippen molar-refractivity contribution in [3.63, 3.8) is 0 Å². The molecule has 0 heterocycles. The molecular formula is C16H20N2O3. The minimum atomic E-state index is 0.557. The van der Waals surface area contributed by atoms with Crippen LogP contribution in [-0.2, 0) is 0 Å². The molecule has 5 heteroatoms. The number of nitrogens with one attached hydrogen (secondary N) is 1. The molecule has 0 spiro atoms. The van der Waals surface area contributed by atoms with Crippen LogP contribution >= 0.6 is 0 Å². The van der Waals surface area contributed by atoms with Crippen molar-refractivity contribution in [1.82, 2.24) is 0 Å². The van der Waals surface area contributed by atoms with Gasteiger partial charge in [0.05, 0.1) is 21.3 Å². The van der Waals surface area contributed by atoms with Gasteiger partial charge in [-0.15, -0.1) is 0 Å². The Kier molecular flexibility index (Phi) is 4.42. The van der Waals surface area contributed by atoms with Crippen molar-refractivity contribution in [3.8, 4) is 28.4 Å². The van der Waals surface area contributed by atoms with Crippen LogP contribution in [0.3, 0.4) is 0 Å². The Bertz CT molecular complexity index is 642. The Morgan fingerprint density at radius 3 is 2.14 bits per heavy atom. The van der Waals surface area contributed by atoms with E-state index in [-0.39, 0.29) is 0 Å². The van der Waals surface area contributed by atoms with E-state index >= 15 is 0 Å². The van der Waals surface area contributed by atoms with Crippen LogP contribution in [0.5, 0.6) is 17.2 Å². The zero-order valence-corrected chi connectivity index (χ0v) is 12.7. The topological polar surface area (TPSA) is 65.7 Å². The monoisotopic (exact) mass is 288 g/mol. The van der Waals surface area contributed by atoms with Gasteiger partial charge in [0.1, 0.15) is 0 Å². The van der Waals surface area contributed by atoms with Crippen LogP contribution in [0.4, 0.5) is 11.4 Å². The summed E-state index contributed by atoms with van der Waals surface area (Å²) in [5.41, 5.74) is 9.37. The van der Waals surface area contributed by atoms with Gasteiger partial charge >= 0.3 is 0 Å². The van der Waals surface area contributed by atoms with Gasteiger partial charge in [-0.2, -0.15) is 0 Å². The van der Waals surface area contributed by atoms with Crippen molar-refractivity contribution in [2.75, 3.05) is 39.4 Å². The maximum absolute atomic E-state index is 5.91. The third-order valence-corrected chi connectivity index (χ3v) is 3.31. The van der Waals surface area contributed by atoms with Crippen LogP contribution in [0.15, 0.2) is 30.3 Å². The van der Waals surface area contributed by atoms with Crippen LogP contribution in [0.25, 0.3) is 11.1 Å². The molecule has 0 saturated heterocycles. The zero-order chi connectivity index (χ0) is 15.4. The first-order valence-corrected chi connectivity index (χ1v) is 6.52. The quantitative estimate of drug-likeness (QED) is 0.828. The van der Waals surface area contributed by atoms with E-state index in [1.165, 1.54) is 0 Å². The fourth-order valence-corrected chi connectivity index (χ4v) is 2.32. The minimum Gasteiger partial charge on any atom is -0.493 e. The summed E-state index contributed by atoms with van der Waals surface area (Å²) >= 11 is 0. The van der Waals surface area contributed by atoms with Crippen LogP contribution in [-0.4, -0.2) is 28.4 Å². The molecule has 0 unspecified atom stereocenters. The van der Waals surface area contributed by atoms with Gasteiger partial charge in [0, 0.05) is 29.5 Å². The summed E-state index contributed by atoms with van der Waals surface area (Å²) in [6.07, 6.45) is 0. The Balaban J connectivity index is 2.72. The van der Waals surface area contributed by atoms with Gasteiger partial charge < -0.3 is 25.3 Å². The molecule has 0 aliphatic heterocycles. The van der Waals surface area contributed by atoms with Gasteiger partial charge in [0.2, 0.25) is 5.75 Å². The van der Waals surface area contributed by atoms with E-state index in [1.807, 2.05) is 37.4 Å². The van der Waals surface area contributed by atoms with Crippen LogP contribution < -0.4 is 25.3 Å². The number of hydrogen-bond acceptors (Lipinski definition) is 5. The average Bonchev–Trinajstić information content (AvgIpc) is 2.53. The van der Waals surface area contributed by atoms with Crippen LogP contribution in [0.2, 0.25) is 0 Å². The molecule has 0 bridgehead atoms. The van der Waals surface area contributed by atoms with Crippen molar-refractivity contribution in [3.05, 3.63) is 30.3 Å². The van der Waals surface area contributed by atoms with Gasteiger partial charge in [-0.25, -0.2) is 0 Å². The predicted octanol–water partition coefficient (Wildman–Crippen LogP) is 3.00. The highest BCUT2D eigenvalue weighted by molar-refractivity contribution is 5.86. The molecule has 0 aliphatic carbocycles. The normalized spacial score (nSPS) is 10.1. The highest BCUT2D eigenvalue weighted by Gasteiger charge is 2.18. The lowest BCUT2D eigenvalue weighted by molar-refractivity contribution is 0.325. The smallest absolute Gasteiger partial charge is 0.203 e. The fourth-order valence-electron chi connectivity index (χ4n) is 2.32. The lowest BCUT2D eigenvalue weighted by Crippen LogP contribution is -1.99. The number of methoxy groups -OCH3 is 3. The zero-order valence-electron chi connectivity index (χ0n) is 12.7. The molecule has 0 atom stereocenters. The summed E-state index contributed by atoms with van der Waals surface area (Å²) < 4.78 is 16.3. The molecule has 0 fully saturated rings. The first-order valence-electron chi connectivity index (χ1n) is 6.52. The van der Waals surface area contributed by atoms with E-state index in [9.17, 15) is 0 Å². The molecule has 0 amide bonds. The third-order valence-electron chi connectivity index (χ3n) is 3.31. The number of benzene rings is 2. The van der Waals surface area contributed by atoms with Crippen molar-refractivity contribution >= 4 is 11.4 Å². The average molecular weight is 288 g/mol. The largest absolute Gasteiger partial charge is 0.493 e. The highest BCUT2D eigenvalue weighted by Crippen LogP contribution is 2.46. The van der Waals surface area contributed by atoms with Crippen molar-refractivity contribution < 1.29 is 14.2 Å². The van der Waals surface area contributed by atoms with Gasteiger partial charge in [0.25, 0.3) is 0 Å². The standard InChI is InChI=1S/C16H20N2O3/c1-18-13-7-5-10(17)9-12(13)11-6-8-14(19-2)16(21-4)15(11)20-3/h5-9,18H,17H2,1-4H3. The summed E-state index contributed by atoms with van der Waals surface area (Å²) in [5, 5.41) is 3.16. The minimum absolute atomic E-state index is 0.557. The third kappa shape index (κ3) is 2.67. The second-order valence-corrected chi connectivity index (χ2v) is 4.44. The van der Waals surface area contributed by atoms with E-state index < -0.39 is 0 Å². The number of nitrogen functional groups attached to an aromatic ring is 1. The number of nitrogens with two attached hydrogens (primary N) is 1. The van der Waals surface area contributed by atoms with E-state index in [1.54, 1.807) is 21.3 Å². The second-order valence-electron chi connectivity index (χ2n) is 4.44. The molecule has 2 rings (SSSR count). The first-order chi connectivity index (χ1) is 10.2. The number of anilines is 2. The van der Waals surface area contributed by atoms with Crippen molar-refractivity contribution in [2.24, 2.45) is 0 Å². The number of rotatable bonds is 5. The molecule has 0 aliphatic rings. The molecule has 2 aromatic rings. The first kappa shape index (κ1) is 14.8. The Hall–Kier alpha value is -2.56. The molecule has 2 aromatic carbocycles. The molecule has 21 heavy (non-hydrogen) atoms. The maximum Gasteiger partial charge on any atom is 0.203 e. The van der Waals surface area contributed by atoms with E-state index in [0.717, 1.165) is 16.8 Å². The molecule has 0 saturated carbocycles. The molecule has 0 radical (unpaired) electrons. The Labute approximate surface area is 124 Å². The van der Waals surface area contributed by atoms with Gasteiger partial charge in [-0.3, -0.25) is 0 Å². The fraction of sp³-hybridized carbons (Fsp3) is 0.250. The lowest BCUT2D eigenvalue weighted by Gasteiger charge is -2.18. The predicted molar refractivity (Wildman–Crippen MR) is 85.5 cm³/mol. The van der Waals surface area contributed by atoms with E-state index in [0.29, 0.717) is 22.9 Å². The van der Waals surface area contributed by atoms with Gasteiger partial charge in [-0.05, 0) is 30.3 Å². The molecule has 3 N–H and O–H groups in total. The lowest BCUT2D eigenvalue weighted by atomic mass is 10.0. The van der Waals surface area contributed by atoms with Gasteiger partial charge in [0.15, 0.2) is 11.5 Å². The Morgan fingerprint density at radius 2 is 1.57 bits per heavy atom. The summed E-state index contributed by atoms with van der Waals surface area (Å²) in [7, 11) is 6.65. The summed E-state index contributed by atoms with van der Waals surface area (Å²) in [4.78, 5) is 0. The maximum atomic E-state index is 5.91. The molecule has 0 aromatic heterocycles. The summed E-state index contributed by atoms with van der Waals surface area (Å²) in [6.45, 7) is 0. The van der Waals surface area contributed by atoms with Gasteiger partial charge in [-0.1, -0.05) is 0 Å². The Morgan fingerprint density at radius 1 is 0.857 bits per heavy atom. The molecular weight excluding hydrogens is 268 g/mol. The highest BCUT2D eigenvalue weighted by atomic mass is 16.5. The van der Waals surface area contributed by atoms with Crippen LogP contribution in [0, 0.1) is 0 Å². The molecule has 5 nitrogen and oxygen atoms in total. The van der Waals surface area contributed by atoms with Crippen molar-refractivity contribution in [2.45, 2.75) is 0 Å². The van der Waals surface area contributed by atoms with Crippen molar-refractivity contribution in [1.29, 1.82) is 0 Å². The van der Waals surface area contributed by atoms with Crippen LogP contribution in [0.1, 0.15) is 0 Å². The molecule has 112 valence electrons. The number of hydrogen-bond donors (Lipinski definition) is 2. The second kappa shape index (κ2) is 6.26. The van der Waals surface area contributed by atoms with E-state index in [2.05, 4.69) is 5.32 Å². The number of ether oxygens (including phenoxy) is 3. The van der Waals surface area contributed by atoms with E-state index in [4.69, 9.17) is 19.9 Å². The summed E-state index contributed by atoms with van der Waals surface area (Å²) in [5.74, 6) is 1.79. The SMILES string of the molecule is CNc1ccc(N)cc1-c1ccc(OC)c(OC)c1OC. The summed E-state index contributed by atoms with van der Waals surface area (Å²) in [6, 6.07) is 9.45.